The van der Waals surface area contributed by atoms with Crippen LogP contribution < -0.4 is 9.64 Å². The van der Waals surface area contributed by atoms with Gasteiger partial charge in [0.15, 0.2) is 11.9 Å². The van der Waals surface area contributed by atoms with E-state index in [0.717, 1.165) is 24.3 Å². The van der Waals surface area contributed by atoms with Crippen LogP contribution in [-0.4, -0.2) is 61.2 Å². The van der Waals surface area contributed by atoms with Gasteiger partial charge in [-0.05, 0) is 12.0 Å². The molecule has 1 saturated heterocycles. The van der Waals surface area contributed by atoms with Gasteiger partial charge in [0.1, 0.15) is 0 Å². The molecule has 138 valence electrons. The first-order valence-electron chi connectivity index (χ1n) is 8.71. The van der Waals surface area contributed by atoms with Gasteiger partial charge in [-0.1, -0.05) is 30.3 Å². The van der Waals surface area contributed by atoms with Crippen molar-refractivity contribution in [1.29, 1.82) is 0 Å². The zero-order valence-corrected chi connectivity index (χ0v) is 15.2. The van der Waals surface area contributed by atoms with Gasteiger partial charge in [-0.3, -0.25) is 4.79 Å². The average Bonchev–Trinajstić information content (AvgIpc) is 2.95. The topological polar surface area (TPSA) is 67.8 Å². The Morgan fingerprint density at radius 1 is 1.04 bits per heavy atom. The SMILES string of the molecule is COc1nccnc1N1CCCN(C(=O)[C@@H](OC)c2ccccc2)CC1. The fraction of sp³-hybridized carbons (Fsp3) is 0.421. The molecule has 1 aliphatic rings. The number of benzene rings is 1. The molecule has 0 bridgehead atoms. The minimum Gasteiger partial charge on any atom is -0.478 e. The molecule has 0 saturated carbocycles. The van der Waals surface area contributed by atoms with Crippen molar-refractivity contribution in [3.63, 3.8) is 0 Å². The summed E-state index contributed by atoms with van der Waals surface area (Å²) >= 11 is 0. The first-order valence-corrected chi connectivity index (χ1v) is 8.71. The third kappa shape index (κ3) is 3.94. The highest BCUT2D eigenvalue weighted by Gasteiger charge is 2.28. The van der Waals surface area contributed by atoms with Crippen LogP contribution in [0, 0.1) is 0 Å². The van der Waals surface area contributed by atoms with Gasteiger partial charge in [-0.15, -0.1) is 0 Å². The quantitative estimate of drug-likeness (QED) is 0.815. The second kappa shape index (κ2) is 8.62. The summed E-state index contributed by atoms with van der Waals surface area (Å²) in [7, 11) is 3.16. The van der Waals surface area contributed by atoms with Gasteiger partial charge in [0.05, 0.1) is 7.11 Å². The Balaban J connectivity index is 1.71. The number of hydrogen-bond donors (Lipinski definition) is 0. The van der Waals surface area contributed by atoms with Gasteiger partial charge in [-0.25, -0.2) is 9.97 Å². The van der Waals surface area contributed by atoms with Crippen LogP contribution >= 0.6 is 0 Å². The zero-order chi connectivity index (χ0) is 18.4. The number of ether oxygens (including phenoxy) is 2. The van der Waals surface area contributed by atoms with Crippen LogP contribution in [-0.2, 0) is 9.53 Å². The molecule has 2 heterocycles. The van der Waals surface area contributed by atoms with E-state index in [2.05, 4.69) is 14.9 Å². The molecule has 0 unspecified atom stereocenters. The maximum absolute atomic E-state index is 13.0. The molecule has 26 heavy (non-hydrogen) atoms. The van der Waals surface area contributed by atoms with E-state index in [0.29, 0.717) is 25.5 Å². The van der Waals surface area contributed by atoms with Crippen molar-refractivity contribution in [2.45, 2.75) is 12.5 Å². The van der Waals surface area contributed by atoms with Crippen molar-refractivity contribution in [2.75, 3.05) is 45.3 Å². The maximum atomic E-state index is 13.0. The lowest BCUT2D eigenvalue weighted by Crippen LogP contribution is -2.39. The second-order valence-electron chi connectivity index (χ2n) is 6.08. The fourth-order valence-electron chi connectivity index (χ4n) is 3.20. The maximum Gasteiger partial charge on any atom is 0.257 e. The van der Waals surface area contributed by atoms with Gasteiger partial charge in [-0.2, -0.15) is 0 Å². The molecule has 0 radical (unpaired) electrons. The van der Waals surface area contributed by atoms with Crippen molar-refractivity contribution in [2.24, 2.45) is 0 Å². The molecular weight excluding hydrogens is 332 g/mol. The molecule has 7 nitrogen and oxygen atoms in total. The van der Waals surface area contributed by atoms with E-state index < -0.39 is 6.10 Å². The Morgan fingerprint density at radius 2 is 1.81 bits per heavy atom. The van der Waals surface area contributed by atoms with E-state index in [-0.39, 0.29) is 5.91 Å². The zero-order valence-electron chi connectivity index (χ0n) is 15.2. The number of amides is 1. The lowest BCUT2D eigenvalue weighted by molar-refractivity contribution is -0.142. The largest absolute Gasteiger partial charge is 0.478 e. The fourth-order valence-corrected chi connectivity index (χ4v) is 3.20. The number of rotatable bonds is 5. The van der Waals surface area contributed by atoms with Gasteiger partial charge in [0.25, 0.3) is 11.8 Å². The highest BCUT2D eigenvalue weighted by Crippen LogP contribution is 2.25. The summed E-state index contributed by atoms with van der Waals surface area (Å²) in [6.45, 7) is 2.75. The average molecular weight is 356 g/mol. The molecule has 1 fully saturated rings. The monoisotopic (exact) mass is 356 g/mol. The minimum atomic E-state index is -0.575. The van der Waals surface area contributed by atoms with E-state index in [4.69, 9.17) is 9.47 Å². The first-order chi connectivity index (χ1) is 12.7. The Bertz CT molecular complexity index is 726. The number of hydrogen-bond acceptors (Lipinski definition) is 6. The van der Waals surface area contributed by atoms with Gasteiger partial charge in [0, 0.05) is 45.7 Å². The van der Waals surface area contributed by atoms with Gasteiger partial charge in [0.2, 0.25) is 0 Å². The van der Waals surface area contributed by atoms with Crippen LogP contribution in [0.4, 0.5) is 5.82 Å². The molecular formula is C19H24N4O3. The van der Waals surface area contributed by atoms with Gasteiger partial charge >= 0.3 is 0 Å². The Hall–Kier alpha value is -2.67. The minimum absolute atomic E-state index is 0.00772. The smallest absolute Gasteiger partial charge is 0.257 e. The summed E-state index contributed by atoms with van der Waals surface area (Å²) in [5, 5.41) is 0. The molecule has 1 aliphatic heterocycles. The van der Waals surface area contributed by atoms with Gasteiger partial charge < -0.3 is 19.3 Å². The number of anilines is 1. The summed E-state index contributed by atoms with van der Waals surface area (Å²) in [6, 6.07) is 9.60. The van der Waals surface area contributed by atoms with Crippen molar-refractivity contribution >= 4 is 11.7 Å². The molecule has 0 spiro atoms. The van der Waals surface area contributed by atoms with E-state index in [1.807, 2.05) is 35.2 Å². The van der Waals surface area contributed by atoms with Crippen LogP contribution in [0.1, 0.15) is 18.1 Å². The number of carbonyl (C=O) groups excluding carboxylic acids is 1. The molecule has 0 aliphatic carbocycles. The van der Waals surface area contributed by atoms with E-state index >= 15 is 0 Å². The summed E-state index contributed by atoms with van der Waals surface area (Å²) in [5.41, 5.74) is 0.872. The molecule has 0 N–H and O–H groups in total. The van der Waals surface area contributed by atoms with Crippen LogP contribution in [0.2, 0.25) is 0 Å². The molecule has 2 aromatic rings. The van der Waals surface area contributed by atoms with E-state index in [1.165, 1.54) is 0 Å². The number of nitrogens with zero attached hydrogens (tertiary/aromatic N) is 4. The van der Waals surface area contributed by atoms with Crippen LogP contribution in [0.5, 0.6) is 5.88 Å². The standard InChI is InChI=1S/C19H24N4O3/c1-25-16(15-7-4-3-5-8-15)19(24)23-12-6-11-22(13-14-23)17-18(26-2)21-10-9-20-17/h3-5,7-10,16H,6,11-14H2,1-2H3/t16-/m0/s1. The lowest BCUT2D eigenvalue weighted by atomic mass is 10.1. The van der Waals surface area contributed by atoms with Crippen LogP contribution in [0.15, 0.2) is 42.7 Å². The van der Waals surface area contributed by atoms with Crippen molar-refractivity contribution in [3.05, 3.63) is 48.3 Å². The summed E-state index contributed by atoms with van der Waals surface area (Å²) in [6.07, 6.45) is 3.53. The Kier molecular flexibility index (Phi) is 6.01. The Morgan fingerprint density at radius 3 is 2.54 bits per heavy atom. The normalized spacial score (nSPS) is 16.1. The Labute approximate surface area is 153 Å². The predicted octanol–water partition coefficient (Wildman–Crippen LogP) is 1.91. The molecule has 3 rings (SSSR count). The molecule has 7 heteroatoms. The number of aromatic nitrogens is 2. The molecule has 1 aromatic heterocycles. The second-order valence-corrected chi connectivity index (χ2v) is 6.08. The van der Waals surface area contributed by atoms with Crippen molar-refractivity contribution < 1.29 is 14.3 Å². The number of carbonyl (C=O) groups is 1. The highest BCUT2D eigenvalue weighted by molar-refractivity contribution is 5.82. The van der Waals surface area contributed by atoms with Crippen molar-refractivity contribution in [1.82, 2.24) is 14.9 Å². The summed E-state index contributed by atoms with van der Waals surface area (Å²) in [4.78, 5) is 25.6. The predicted molar refractivity (Wildman–Crippen MR) is 98.2 cm³/mol. The van der Waals surface area contributed by atoms with E-state index in [1.54, 1.807) is 26.6 Å². The van der Waals surface area contributed by atoms with Crippen LogP contribution in [0.25, 0.3) is 0 Å². The third-order valence-corrected chi connectivity index (χ3v) is 4.51. The van der Waals surface area contributed by atoms with E-state index in [9.17, 15) is 4.79 Å². The third-order valence-electron chi connectivity index (χ3n) is 4.51. The highest BCUT2D eigenvalue weighted by atomic mass is 16.5. The summed E-state index contributed by atoms with van der Waals surface area (Å²) in [5.74, 6) is 1.22. The first kappa shape index (κ1) is 18.1. The van der Waals surface area contributed by atoms with Crippen LogP contribution in [0.3, 0.4) is 0 Å². The number of methoxy groups -OCH3 is 2. The summed E-state index contributed by atoms with van der Waals surface area (Å²) < 4.78 is 10.8. The molecule has 1 amide bonds. The lowest BCUT2D eigenvalue weighted by Gasteiger charge is -2.26. The van der Waals surface area contributed by atoms with Crippen molar-refractivity contribution in [3.8, 4) is 5.88 Å². The molecule has 1 atom stereocenters. The molecule has 1 aromatic carbocycles.